The average Bonchev–Trinajstić information content (AvgIpc) is 3.31. The number of fused-ring (bicyclic) bond motifs is 1. The predicted molar refractivity (Wildman–Crippen MR) is 101 cm³/mol. The third kappa shape index (κ3) is 2.88. The summed E-state index contributed by atoms with van der Waals surface area (Å²) in [5, 5.41) is 0. The van der Waals surface area contributed by atoms with E-state index >= 15 is 0 Å². The van der Waals surface area contributed by atoms with Gasteiger partial charge in [-0.05, 0) is 46.0 Å². The topological polar surface area (TPSA) is 43.9 Å². The highest BCUT2D eigenvalue weighted by Crippen LogP contribution is 2.51. The molecule has 144 valence electrons. The number of allylic oxidation sites excluding steroid dienone is 1. The molecule has 0 aromatic rings. The molecule has 0 N–H and O–H groups in total. The molecule has 2 amide bonds. The molecule has 2 aliphatic carbocycles. The van der Waals surface area contributed by atoms with Gasteiger partial charge in [-0.2, -0.15) is 0 Å². The Labute approximate surface area is 157 Å². The van der Waals surface area contributed by atoms with Crippen LogP contribution in [-0.2, 0) is 9.59 Å². The van der Waals surface area contributed by atoms with E-state index in [0.29, 0.717) is 30.8 Å². The van der Waals surface area contributed by atoms with Crippen molar-refractivity contribution in [2.45, 2.75) is 77.3 Å². The van der Waals surface area contributed by atoms with Gasteiger partial charge in [0.15, 0.2) is 0 Å². The largest absolute Gasteiger partial charge is 0.339 e. The van der Waals surface area contributed by atoms with Crippen molar-refractivity contribution >= 4 is 11.8 Å². The summed E-state index contributed by atoms with van der Waals surface area (Å²) in [4.78, 5) is 33.0. The number of likely N-dealkylation sites (tertiary alicyclic amines) is 1. The zero-order chi connectivity index (χ0) is 18.3. The molecule has 0 spiro atoms. The molecule has 0 bridgehead atoms. The summed E-state index contributed by atoms with van der Waals surface area (Å²) >= 11 is 0. The number of hydrogen-bond acceptors (Lipinski definition) is 3. The first-order valence-corrected chi connectivity index (χ1v) is 10.6. The van der Waals surface area contributed by atoms with Crippen molar-refractivity contribution in [3.63, 3.8) is 0 Å². The van der Waals surface area contributed by atoms with E-state index in [-0.39, 0.29) is 5.91 Å². The highest BCUT2D eigenvalue weighted by atomic mass is 16.2. The summed E-state index contributed by atoms with van der Waals surface area (Å²) in [5.74, 6) is 0.540. The molecule has 3 fully saturated rings. The van der Waals surface area contributed by atoms with Gasteiger partial charge in [0.1, 0.15) is 0 Å². The molecule has 5 heteroatoms. The van der Waals surface area contributed by atoms with Gasteiger partial charge in [0.2, 0.25) is 11.8 Å². The normalized spacial score (nSPS) is 30.9. The van der Waals surface area contributed by atoms with Gasteiger partial charge >= 0.3 is 0 Å². The third-order valence-electron chi connectivity index (χ3n) is 7.12. The lowest BCUT2D eigenvalue weighted by Crippen LogP contribution is -2.58. The minimum Gasteiger partial charge on any atom is -0.339 e. The Morgan fingerprint density at radius 2 is 1.81 bits per heavy atom. The zero-order valence-electron chi connectivity index (χ0n) is 16.4. The highest BCUT2D eigenvalue weighted by Gasteiger charge is 2.53. The maximum atomic E-state index is 13.6. The molecular formula is C21H33N3O2. The van der Waals surface area contributed by atoms with Gasteiger partial charge in [-0.15, -0.1) is 0 Å². The van der Waals surface area contributed by atoms with Crippen LogP contribution in [0.5, 0.6) is 0 Å². The van der Waals surface area contributed by atoms with Crippen LogP contribution < -0.4 is 0 Å². The smallest absolute Gasteiger partial charge is 0.234 e. The Morgan fingerprint density at radius 1 is 1.12 bits per heavy atom. The molecule has 4 aliphatic rings. The van der Waals surface area contributed by atoms with Crippen molar-refractivity contribution in [1.29, 1.82) is 0 Å². The second-order valence-corrected chi connectivity index (χ2v) is 8.83. The molecule has 2 aliphatic heterocycles. The van der Waals surface area contributed by atoms with E-state index in [2.05, 4.69) is 34.6 Å². The summed E-state index contributed by atoms with van der Waals surface area (Å²) in [6, 6.07) is 0.870. The fourth-order valence-corrected chi connectivity index (χ4v) is 5.57. The van der Waals surface area contributed by atoms with Crippen LogP contribution in [0.25, 0.3) is 0 Å². The van der Waals surface area contributed by atoms with Crippen molar-refractivity contribution in [2.75, 3.05) is 26.2 Å². The number of hydrogen-bond donors (Lipinski definition) is 0. The second-order valence-electron chi connectivity index (χ2n) is 8.83. The summed E-state index contributed by atoms with van der Waals surface area (Å²) in [7, 11) is 0. The van der Waals surface area contributed by atoms with Crippen molar-refractivity contribution in [3.05, 3.63) is 11.8 Å². The van der Waals surface area contributed by atoms with Gasteiger partial charge in [0, 0.05) is 50.4 Å². The SMILES string of the molecule is CC(C)N1CCN(C(=O)[C@@]23CCC=C2N(C2CCCC2)C(=O)CC3)CC1. The Morgan fingerprint density at radius 3 is 2.46 bits per heavy atom. The monoisotopic (exact) mass is 359 g/mol. The zero-order valence-corrected chi connectivity index (χ0v) is 16.4. The van der Waals surface area contributed by atoms with E-state index < -0.39 is 5.41 Å². The fourth-order valence-electron chi connectivity index (χ4n) is 5.57. The van der Waals surface area contributed by atoms with Crippen LogP contribution in [0.4, 0.5) is 0 Å². The number of piperidine rings is 1. The van der Waals surface area contributed by atoms with Gasteiger partial charge in [-0.3, -0.25) is 14.5 Å². The first kappa shape index (κ1) is 18.0. The number of nitrogens with zero attached hydrogens (tertiary/aromatic N) is 3. The van der Waals surface area contributed by atoms with Crippen LogP contribution >= 0.6 is 0 Å². The average molecular weight is 360 g/mol. The summed E-state index contributed by atoms with van der Waals surface area (Å²) in [6.45, 7) is 8.01. The molecule has 0 aromatic heterocycles. The van der Waals surface area contributed by atoms with Gasteiger partial charge in [0.25, 0.3) is 0 Å². The van der Waals surface area contributed by atoms with Crippen LogP contribution in [-0.4, -0.2) is 64.8 Å². The van der Waals surface area contributed by atoms with Crippen LogP contribution in [0, 0.1) is 5.41 Å². The van der Waals surface area contributed by atoms with E-state index in [1.165, 1.54) is 12.8 Å². The molecular weight excluding hydrogens is 326 g/mol. The first-order chi connectivity index (χ1) is 12.5. The lowest BCUT2D eigenvalue weighted by atomic mass is 9.75. The van der Waals surface area contributed by atoms with Gasteiger partial charge in [-0.1, -0.05) is 18.9 Å². The number of rotatable bonds is 3. The van der Waals surface area contributed by atoms with Crippen molar-refractivity contribution < 1.29 is 9.59 Å². The van der Waals surface area contributed by atoms with Crippen LogP contribution in [0.15, 0.2) is 11.8 Å². The Bertz CT molecular complexity index is 600. The maximum absolute atomic E-state index is 13.6. The molecule has 0 aromatic carbocycles. The van der Waals surface area contributed by atoms with Crippen LogP contribution in [0.3, 0.4) is 0 Å². The Kier molecular flexibility index (Phi) is 4.84. The number of amides is 2. The van der Waals surface area contributed by atoms with E-state index in [0.717, 1.165) is 57.6 Å². The standard InChI is InChI=1S/C21H33N3O2/c1-16(2)22-12-14-23(15-13-22)20(26)21-10-5-8-18(21)24(19(25)9-11-21)17-6-3-4-7-17/h8,16-17H,3-7,9-15H2,1-2H3/t21-/m1/s1. The minimum absolute atomic E-state index is 0.248. The van der Waals surface area contributed by atoms with Gasteiger partial charge in [-0.25, -0.2) is 0 Å². The quantitative estimate of drug-likeness (QED) is 0.778. The molecule has 5 nitrogen and oxygen atoms in total. The lowest BCUT2D eigenvalue weighted by molar-refractivity contribution is -0.149. The second kappa shape index (κ2) is 6.99. The molecule has 1 atom stereocenters. The summed E-state index contributed by atoms with van der Waals surface area (Å²) in [5.41, 5.74) is 0.646. The van der Waals surface area contributed by atoms with E-state index in [9.17, 15) is 9.59 Å². The lowest BCUT2D eigenvalue weighted by Gasteiger charge is -2.47. The summed E-state index contributed by atoms with van der Waals surface area (Å²) in [6.07, 6.45) is 9.89. The number of piperazine rings is 1. The van der Waals surface area contributed by atoms with E-state index in [1.54, 1.807) is 0 Å². The van der Waals surface area contributed by atoms with Crippen LogP contribution in [0.1, 0.15) is 65.2 Å². The minimum atomic E-state index is -0.420. The maximum Gasteiger partial charge on any atom is 0.234 e. The van der Waals surface area contributed by atoms with Gasteiger partial charge < -0.3 is 9.80 Å². The number of carbonyl (C=O) groups excluding carboxylic acids is 2. The summed E-state index contributed by atoms with van der Waals surface area (Å²) < 4.78 is 0. The predicted octanol–water partition coefficient (Wildman–Crippen LogP) is 2.77. The molecule has 4 rings (SSSR count). The highest BCUT2D eigenvalue weighted by molar-refractivity contribution is 5.91. The van der Waals surface area contributed by atoms with E-state index in [4.69, 9.17) is 0 Å². The molecule has 2 saturated heterocycles. The van der Waals surface area contributed by atoms with Gasteiger partial charge in [0.05, 0.1) is 5.41 Å². The molecule has 1 saturated carbocycles. The molecule has 26 heavy (non-hydrogen) atoms. The number of carbonyl (C=O) groups is 2. The molecule has 2 heterocycles. The molecule has 0 unspecified atom stereocenters. The fraction of sp³-hybridized carbons (Fsp3) is 0.810. The van der Waals surface area contributed by atoms with Crippen molar-refractivity contribution in [3.8, 4) is 0 Å². The Balaban J connectivity index is 1.54. The first-order valence-electron chi connectivity index (χ1n) is 10.6. The Hall–Kier alpha value is -1.36. The van der Waals surface area contributed by atoms with Crippen molar-refractivity contribution in [2.24, 2.45) is 5.41 Å². The van der Waals surface area contributed by atoms with E-state index in [1.807, 2.05) is 0 Å². The third-order valence-corrected chi connectivity index (χ3v) is 7.12. The van der Waals surface area contributed by atoms with Crippen molar-refractivity contribution in [1.82, 2.24) is 14.7 Å². The molecule has 0 radical (unpaired) electrons. The van der Waals surface area contributed by atoms with Crippen LogP contribution in [0.2, 0.25) is 0 Å².